The Balaban J connectivity index is 1.85. The van der Waals surface area contributed by atoms with Gasteiger partial charge in [-0.1, -0.05) is 28.1 Å². The van der Waals surface area contributed by atoms with Crippen LogP contribution in [0.15, 0.2) is 45.7 Å². The van der Waals surface area contributed by atoms with E-state index in [0.29, 0.717) is 6.54 Å². The lowest BCUT2D eigenvalue weighted by Crippen LogP contribution is -2.27. The van der Waals surface area contributed by atoms with E-state index in [2.05, 4.69) is 31.4 Å². The molecule has 1 aromatic carbocycles. The van der Waals surface area contributed by atoms with Crippen LogP contribution in [0.25, 0.3) is 0 Å². The largest absolute Gasteiger partial charge is 0.350 e. The van der Waals surface area contributed by atoms with Crippen LogP contribution in [-0.2, 0) is 6.42 Å². The van der Waals surface area contributed by atoms with Crippen LogP contribution in [0.1, 0.15) is 16.1 Å². The zero-order valence-electron chi connectivity index (χ0n) is 10.0. The number of nitrogens with zero attached hydrogens (tertiary/aromatic N) is 1. The number of rotatable bonds is 4. The van der Waals surface area contributed by atoms with E-state index in [1.807, 2.05) is 24.3 Å². The summed E-state index contributed by atoms with van der Waals surface area (Å²) in [5.41, 5.74) is 1.01. The minimum atomic E-state index is -0.327. The second kappa shape index (κ2) is 6.29. The summed E-state index contributed by atoms with van der Waals surface area (Å²) in [6, 6.07) is 10.6. The summed E-state index contributed by atoms with van der Waals surface area (Å²) in [6.07, 6.45) is 0.738. The molecular formula is C13H12BrN3O2. The molecule has 98 valence electrons. The Morgan fingerprint density at radius 2 is 1.95 bits per heavy atom. The number of aromatic nitrogens is 2. The van der Waals surface area contributed by atoms with E-state index < -0.39 is 0 Å². The van der Waals surface area contributed by atoms with Gasteiger partial charge in [-0.15, -0.1) is 0 Å². The van der Waals surface area contributed by atoms with E-state index in [0.717, 1.165) is 16.5 Å². The number of aromatic amines is 1. The summed E-state index contributed by atoms with van der Waals surface area (Å²) in [4.78, 5) is 22.5. The third kappa shape index (κ3) is 4.03. The zero-order chi connectivity index (χ0) is 13.7. The molecule has 1 aromatic heterocycles. The van der Waals surface area contributed by atoms with Gasteiger partial charge in [0.2, 0.25) is 0 Å². The lowest BCUT2D eigenvalue weighted by atomic mass is 10.1. The van der Waals surface area contributed by atoms with Gasteiger partial charge in [0.1, 0.15) is 5.69 Å². The van der Waals surface area contributed by atoms with Crippen LogP contribution >= 0.6 is 15.9 Å². The van der Waals surface area contributed by atoms with Crippen LogP contribution in [0.3, 0.4) is 0 Å². The highest BCUT2D eigenvalue weighted by molar-refractivity contribution is 9.10. The van der Waals surface area contributed by atoms with Crippen molar-refractivity contribution >= 4 is 21.8 Å². The average molecular weight is 322 g/mol. The molecule has 0 bridgehead atoms. The van der Waals surface area contributed by atoms with Crippen molar-refractivity contribution in [3.05, 3.63) is 62.5 Å². The Hall–Kier alpha value is -1.95. The molecule has 0 fully saturated rings. The van der Waals surface area contributed by atoms with Crippen molar-refractivity contribution in [2.45, 2.75) is 6.42 Å². The van der Waals surface area contributed by atoms with E-state index in [4.69, 9.17) is 0 Å². The van der Waals surface area contributed by atoms with Crippen LogP contribution in [0.2, 0.25) is 0 Å². The van der Waals surface area contributed by atoms with Crippen molar-refractivity contribution in [1.82, 2.24) is 15.5 Å². The lowest BCUT2D eigenvalue weighted by Gasteiger charge is -2.04. The Morgan fingerprint density at radius 1 is 1.21 bits per heavy atom. The van der Waals surface area contributed by atoms with Crippen molar-refractivity contribution in [2.24, 2.45) is 0 Å². The second-order valence-corrected chi connectivity index (χ2v) is 4.85. The van der Waals surface area contributed by atoms with Gasteiger partial charge >= 0.3 is 0 Å². The van der Waals surface area contributed by atoms with Gasteiger partial charge in [-0.2, -0.15) is 5.10 Å². The topological polar surface area (TPSA) is 74.8 Å². The highest BCUT2D eigenvalue weighted by Crippen LogP contribution is 2.10. The molecule has 1 amide bonds. The first-order valence-electron chi connectivity index (χ1n) is 5.73. The summed E-state index contributed by atoms with van der Waals surface area (Å²) >= 11 is 3.37. The molecule has 0 radical (unpaired) electrons. The van der Waals surface area contributed by atoms with Gasteiger partial charge < -0.3 is 5.32 Å². The smallest absolute Gasteiger partial charge is 0.271 e. The summed E-state index contributed by atoms with van der Waals surface area (Å²) in [5.74, 6) is -0.298. The van der Waals surface area contributed by atoms with E-state index in [-0.39, 0.29) is 17.2 Å². The maximum absolute atomic E-state index is 11.7. The van der Waals surface area contributed by atoms with Crippen molar-refractivity contribution in [3.8, 4) is 0 Å². The first-order valence-corrected chi connectivity index (χ1v) is 6.53. The minimum absolute atomic E-state index is 0.204. The monoisotopic (exact) mass is 321 g/mol. The van der Waals surface area contributed by atoms with Crippen molar-refractivity contribution in [3.63, 3.8) is 0 Å². The molecule has 5 nitrogen and oxygen atoms in total. The SMILES string of the molecule is O=C(NCCc1ccc(Br)cc1)c1ccc(=O)[nH]n1. The number of amides is 1. The normalized spacial score (nSPS) is 10.2. The summed E-state index contributed by atoms with van der Waals surface area (Å²) < 4.78 is 1.03. The molecule has 0 aliphatic heterocycles. The van der Waals surface area contributed by atoms with E-state index in [1.165, 1.54) is 12.1 Å². The molecule has 6 heteroatoms. The average Bonchev–Trinajstić information content (AvgIpc) is 2.41. The van der Waals surface area contributed by atoms with Crippen molar-refractivity contribution in [1.29, 1.82) is 0 Å². The van der Waals surface area contributed by atoms with Crippen molar-refractivity contribution in [2.75, 3.05) is 6.54 Å². The van der Waals surface area contributed by atoms with Crippen LogP contribution < -0.4 is 10.9 Å². The Bertz CT molecular complexity index is 602. The van der Waals surface area contributed by atoms with Gasteiger partial charge in [-0.25, -0.2) is 5.10 Å². The molecule has 0 aliphatic carbocycles. The van der Waals surface area contributed by atoms with Crippen LogP contribution in [0, 0.1) is 0 Å². The summed E-state index contributed by atoms with van der Waals surface area (Å²) in [5, 5.41) is 8.63. The van der Waals surface area contributed by atoms with Crippen LogP contribution in [-0.4, -0.2) is 22.6 Å². The van der Waals surface area contributed by atoms with E-state index in [1.54, 1.807) is 0 Å². The van der Waals surface area contributed by atoms with Gasteiger partial charge in [-0.3, -0.25) is 9.59 Å². The highest BCUT2D eigenvalue weighted by Gasteiger charge is 2.06. The molecule has 1 heterocycles. The highest BCUT2D eigenvalue weighted by atomic mass is 79.9. The second-order valence-electron chi connectivity index (χ2n) is 3.94. The van der Waals surface area contributed by atoms with Crippen LogP contribution in [0.4, 0.5) is 0 Å². The molecule has 0 saturated carbocycles. The fraction of sp³-hybridized carbons (Fsp3) is 0.154. The minimum Gasteiger partial charge on any atom is -0.350 e. The van der Waals surface area contributed by atoms with E-state index >= 15 is 0 Å². The molecule has 0 saturated heterocycles. The molecular weight excluding hydrogens is 310 g/mol. The number of halogens is 1. The predicted molar refractivity (Wildman–Crippen MR) is 75.0 cm³/mol. The third-order valence-electron chi connectivity index (χ3n) is 2.52. The number of nitrogens with one attached hydrogen (secondary N) is 2. The molecule has 0 unspecified atom stereocenters. The lowest BCUT2D eigenvalue weighted by molar-refractivity contribution is 0.0948. The van der Waals surface area contributed by atoms with Gasteiger partial charge in [0.15, 0.2) is 0 Å². The Kier molecular flexibility index (Phi) is 4.46. The Labute approximate surface area is 118 Å². The first kappa shape index (κ1) is 13.5. The molecule has 2 N–H and O–H groups in total. The number of carbonyl (C=O) groups is 1. The molecule has 0 aliphatic rings. The van der Waals surface area contributed by atoms with Gasteiger partial charge in [0.05, 0.1) is 0 Å². The predicted octanol–water partition coefficient (Wildman–Crippen LogP) is 1.50. The number of carbonyl (C=O) groups excluding carboxylic acids is 1. The number of H-pyrrole nitrogens is 1. The number of hydrogen-bond donors (Lipinski definition) is 2. The molecule has 19 heavy (non-hydrogen) atoms. The van der Waals surface area contributed by atoms with Crippen molar-refractivity contribution < 1.29 is 4.79 Å². The third-order valence-corrected chi connectivity index (χ3v) is 3.05. The number of hydrogen-bond acceptors (Lipinski definition) is 3. The fourth-order valence-corrected chi connectivity index (χ4v) is 1.80. The first-order chi connectivity index (χ1) is 9.15. The molecule has 0 spiro atoms. The van der Waals surface area contributed by atoms with Gasteiger partial charge in [0.25, 0.3) is 11.5 Å². The summed E-state index contributed by atoms with van der Waals surface area (Å²) in [7, 11) is 0. The fourth-order valence-electron chi connectivity index (χ4n) is 1.53. The van der Waals surface area contributed by atoms with Crippen LogP contribution in [0.5, 0.6) is 0 Å². The number of benzene rings is 1. The standard InChI is InChI=1S/C13H12BrN3O2/c14-10-3-1-9(2-4-10)7-8-15-13(19)11-5-6-12(18)17-16-11/h1-6H,7-8H2,(H,15,19)(H,17,18). The summed E-state index contributed by atoms with van der Waals surface area (Å²) in [6.45, 7) is 0.515. The van der Waals surface area contributed by atoms with E-state index in [9.17, 15) is 9.59 Å². The Morgan fingerprint density at radius 3 is 2.58 bits per heavy atom. The molecule has 0 atom stereocenters. The maximum Gasteiger partial charge on any atom is 0.271 e. The molecule has 2 aromatic rings. The quantitative estimate of drug-likeness (QED) is 0.896. The maximum atomic E-state index is 11.7. The van der Waals surface area contributed by atoms with Gasteiger partial charge in [0, 0.05) is 17.1 Å². The molecule has 2 rings (SSSR count). The van der Waals surface area contributed by atoms with Gasteiger partial charge in [-0.05, 0) is 30.2 Å². The zero-order valence-corrected chi connectivity index (χ0v) is 11.6.